The molecule has 0 bridgehead atoms. The molecule has 0 spiro atoms. The summed E-state index contributed by atoms with van der Waals surface area (Å²) in [6.45, 7) is 0. The first kappa shape index (κ1) is 9.25. The van der Waals surface area contributed by atoms with Crippen molar-refractivity contribution >= 4 is 24.7 Å². The third-order valence-corrected chi connectivity index (χ3v) is 1.10. The predicted octanol–water partition coefficient (Wildman–Crippen LogP) is -1.25. The van der Waals surface area contributed by atoms with E-state index in [0.29, 0.717) is 0 Å². The highest BCUT2D eigenvalue weighted by Gasteiger charge is 2.14. The number of carboxylic acids is 1. The van der Waals surface area contributed by atoms with Crippen LogP contribution in [0.25, 0.3) is 0 Å². The summed E-state index contributed by atoms with van der Waals surface area (Å²) in [4.78, 5) is 20.4. The molecule has 1 amide bonds. The van der Waals surface area contributed by atoms with E-state index in [1.165, 1.54) is 0 Å². The number of nitrogens with one attached hydrogen (secondary N) is 1. The SMILES string of the molecule is NC(CC(=O)NS)C(=O)O. The van der Waals surface area contributed by atoms with Gasteiger partial charge in [0.05, 0.1) is 6.42 Å². The lowest BCUT2D eigenvalue weighted by atomic mass is 10.2. The van der Waals surface area contributed by atoms with Crippen molar-refractivity contribution in [3.05, 3.63) is 0 Å². The molecule has 0 aromatic heterocycles. The molecular weight excluding hydrogens is 156 g/mol. The normalized spacial score (nSPS) is 12.2. The predicted molar refractivity (Wildman–Crippen MR) is 37.4 cm³/mol. The van der Waals surface area contributed by atoms with Gasteiger partial charge < -0.3 is 15.6 Å². The smallest absolute Gasteiger partial charge is 0.321 e. The Morgan fingerprint density at radius 2 is 2.20 bits per heavy atom. The number of thiol groups is 1. The first-order chi connectivity index (χ1) is 4.57. The largest absolute Gasteiger partial charge is 0.480 e. The summed E-state index contributed by atoms with van der Waals surface area (Å²) < 4.78 is 1.96. The van der Waals surface area contributed by atoms with Crippen LogP contribution in [0.2, 0.25) is 0 Å². The Bertz CT molecular complexity index is 149. The maximum Gasteiger partial charge on any atom is 0.321 e. The Morgan fingerprint density at radius 1 is 1.70 bits per heavy atom. The van der Waals surface area contributed by atoms with Gasteiger partial charge in [-0.1, -0.05) is 12.8 Å². The zero-order chi connectivity index (χ0) is 8.15. The number of carboxylic acid groups (broad SMARTS) is 1. The van der Waals surface area contributed by atoms with Crippen molar-refractivity contribution in [1.82, 2.24) is 4.72 Å². The van der Waals surface area contributed by atoms with Crippen LogP contribution in [0, 0.1) is 0 Å². The molecule has 0 rings (SSSR count). The Balaban J connectivity index is 3.68. The van der Waals surface area contributed by atoms with Crippen LogP contribution in [0.15, 0.2) is 0 Å². The van der Waals surface area contributed by atoms with E-state index in [1.54, 1.807) is 0 Å². The highest BCUT2D eigenvalue weighted by Crippen LogP contribution is 1.87. The van der Waals surface area contributed by atoms with Gasteiger partial charge in [0.25, 0.3) is 0 Å². The lowest BCUT2D eigenvalue weighted by Gasteiger charge is -2.02. The van der Waals surface area contributed by atoms with Gasteiger partial charge in [0.15, 0.2) is 0 Å². The third-order valence-electron chi connectivity index (χ3n) is 0.847. The van der Waals surface area contributed by atoms with E-state index in [0.717, 1.165) is 0 Å². The molecule has 6 heteroatoms. The van der Waals surface area contributed by atoms with Gasteiger partial charge in [-0.05, 0) is 0 Å². The first-order valence-corrected chi connectivity index (χ1v) is 2.94. The van der Waals surface area contributed by atoms with Gasteiger partial charge in [0.1, 0.15) is 6.04 Å². The fourth-order valence-electron chi connectivity index (χ4n) is 0.333. The van der Waals surface area contributed by atoms with Crippen LogP contribution in [0.4, 0.5) is 0 Å². The van der Waals surface area contributed by atoms with Crippen LogP contribution < -0.4 is 10.5 Å². The number of carbonyl (C=O) groups is 2. The molecule has 0 aliphatic rings. The molecule has 0 aliphatic carbocycles. The second-order valence-corrected chi connectivity index (χ2v) is 1.91. The van der Waals surface area contributed by atoms with E-state index in [4.69, 9.17) is 10.8 Å². The molecule has 1 atom stereocenters. The van der Waals surface area contributed by atoms with Gasteiger partial charge in [-0.3, -0.25) is 9.59 Å². The highest BCUT2D eigenvalue weighted by molar-refractivity contribution is 7.78. The number of hydrogen-bond donors (Lipinski definition) is 4. The summed E-state index contributed by atoms with van der Waals surface area (Å²) >= 11 is 3.41. The van der Waals surface area contributed by atoms with Crippen LogP contribution >= 0.6 is 12.8 Å². The van der Waals surface area contributed by atoms with Crippen molar-refractivity contribution in [3.8, 4) is 0 Å². The van der Waals surface area contributed by atoms with Crippen molar-refractivity contribution in [2.75, 3.05) is 0 Å². The zero-order valence-electron chi connectivity index (χ0n) is 5.07. The number of aliphatic carboxylic acids is 1. The molecule has 0 radical (unpaired) electrons. The number of amides is 1. The van der Waals surface area contributed by atoms with E-state index in [1.807, 2.05) is 4.72 Å². The van der Waals surface area contributed by atoms with Crippen molar-refractivity contribution in [3.63, 3.8) is 0 Å². The number of hydrogen-bond acceptors (Lipinski definition) is 4. The molecule has 58 valence electrons. The summed E-state index contributed by atoms with van der Waals surface area (Å²) in [7, 11) is 0. The fourth-order valence-corrected chi connectivity index (χ4v) is 0.424. The molecule has 0 heterocycles. The summed E-state index contributed by atoms with van der Waals surface area (Å²) in [5, 5.41) is 8.20. The van der Waals surface area contributed by atoms with Gasteiger partial charge >= 0.3 is 5.97 Å². The van der Waals surface area contributed by atoms with E-state index < -0.39 is 17.9 Å². The lowest BCUT2D eigenvalue weighted by molar-refractivity contribution is -0.140. The monoisotopic (exact) mass is 164 g/mol. The quantitative estimate of drug-likeness (QED) is 0.392. The molecule has 0 aromatic carbocycles. The van der Waals surface area contributed by atoms with Crippen LogP contribution in [0.1, 0.15) is 6.42 Å². The number of nitrogens with two attached hydrogens (primary N) is 1. The van der Waals surface area contributed by atoms with Crippen LogP contribution in [0.3, 0.4) is 0 Å². The van der Waals surface area contributed by atoms with Crippen LogP contribution in [-0.2, 0) is 9.59 Å². The minimum absolute atomic E-state index is 0.251. The molecule has 0 saturated carbocycles. The lowest BCUT2D eigenvalue weighted by Crippen LogP contribution is -2.34. The molecular formula is C4H8N2O3S. The maximum atomic E-state index is 10.4. The molecule has 0 fully saturated rings. The van der Waals surface area contributed by atoms with E-state index in [-0.39, 0.29) is 6.42 Å². The van der Waals surface area contributed by atoms with Crippen molar-refractivity contribution < 1.29 is 14.7 Å². The molecule has 0 saturated heterocycles. The summed E-state index contributed by atoms with van der Waals surface area (Å²) in [6.07, 6.45) is -0.251. The van der Waals surface area contributed by atoms with Crippen molar-refractivity contribution in [1.29, 1.82) is 0 Å². The average molecular weight is 164 g/mol. The molecule has 1 unspecified atom stereocenters. The maximum absolute atomic E-state index is 10.4. The fraction of sp³-hybridized carbons (Fsp3) is 0.500. The van der Waals surface area contributed by atoms with E-state index in [9.17, 15) is 9.59 Å². The van der Waals surface area contributed by atoms with Crippen LogP contribution in [-0.4, -0.2) is 23.0 Å². The van der Waals surface area contributed by atoms with E-state index in [2.05, 4.69) is 12.8 Å². The highest BCUT2D eigenvalue weighted by atomic mass is 32.1. The number of rotatable bonds is 3. The van der Waals surface area contributed by atoms with Gasteiger partial charge in [0.2, 0.25) is 5.91 Å². The standard InChI is InChI=1S/C4H8N2O3S/c5-2(4(8)9)1-3(7)6-10/h2,10H,1,5H2,(H,6,7)(H,8,9). The molecule has 0 aliphatic heterocycles. The molecule has 5 nitrogen and oxygen atoms in total. The van der Waals surface area contributed by atoms with Crippen molar-refractivity contribution in [2.45, 2.75) is 12.5 Å². The van der Waals surface area contributed by atoms with E-state index >= 15 is 0 Å². The minimum Gasteiger partial charge on any atom is -0.480 e. The molecule has 10 heavy (non-hydrogen) atoms. The Morgan fingerprint density at radius 3 is 2.50 bits per heavy atom. The van der Waals surface area contributed by atoms with Gasteiger partial charge in [-0.2, -0.15) is 0 Å². The van der Waals surface area contributed by atoms with Crippen LogP contribution in [0.5, 0.6) is 0 Å². The van der Waals surface area contributed by atoms with Gasteiger partial charge in [-0.25, -0.2) is 0 Å². The Labute approximate surface area is 63.1 Å². The van der Waals surface area contributed by atoms with Gasteiger partial charge in [0, 0.05) is 0 Å². The zero-order valence-corrected chi connectivity index (χ0v) is 5.97. The third kappa shape index (κ3) is 3.31. The molecule has 0 aromatic rings. The molecule has 4 N–H and O–H groups in total. The van der Waals surface area contributed by atoms with Gasteiger partial charge in [-0.15, -0.1) is 0 Å². The number of carbonyl (C=O) groups excluding carboxylic acids is 1. The Kier molecular flexibility index (Phi) is 3.82. The minimum atomic E-state index is -1.20. The summed E-state index contributed by atoms with van der Waals surface area (Å²) in [6, 6.07) is -1.15. The summed E-state index contributed by atoms with van der Waals surface area (Å²) in [5.74, 6) is -1.70. The van der Waals surface area contributed by atoms with Crippen molar-refractivity contribution in [2.24, 2.45) is 5.73 Å². The topological polar surface area (TPSA) is 92.4 Å². The Hall–Kier alpha value is -0.750. The second-order valence-electron chi connectivity index (χ2n) is 1.68. The second kappa shape index (κ2) is 4.13. The summed E-state index contributed by atoms with van der Waals surface area (Å²) in [5.41, 5.74) is 5.00. The average Bonchev–Trinajstić information content (AvgIpc) is 1.87. The first-order valence-electron chi connectivity index (χ1n) is 2.49.